The molecule has 182 valence electrons. The number of imidazole rings is 1. The van der Waals surface area contributed by atoms with E-state index in [0.29, 0.717) is 29.6 Å². The number of nitrogen functional groups attached to an aromatic ring is 2. The molecule has 4 N–H and O–H groups in total. The Hall–Kier alpha value is -3.46. The molecule has 5 rings (SSSR count). The number of nitrogens with two attached hydrogens (primary N) is 2. The third-order valence-corrected chi connectivity index (χ3v) is 7.97. The summed E-state index contributed by atoms with van der Waals surface area (Å²) in [5.41, 5.74) is 17.6. The zero-order valence-corrected chi connectivity index (χ0v) is 20.8. The summed E-state index contributed by atoms with van der Waals surface area (Å²) in [4.78, 5) is 14.0. The van der Waals surface area contributed by atoms with Gasteiger partial charge < -0.3 is 16.0 Å². The number of hydrogen-bond acceptors (Lipinski definition) is 7. The molecule has 0 unspecified atom stereocenters. The van der Waals surface area contributed by atoms with Crippen LogP contribution in [0, 0.1) is 0 Å². The highest BCUT2D eigenvalue weighted by Crippen LogP contribution is 2.37. The Morgan fingerprint density at radius 2 is 1.71 bits per heavy atom. The highest BCUT2D eigenvalue weighted by atomic mass is 32.2. The molecular weight excluding hydrogens is 460 g/mol. The van der Waals surface area contributed by atoms with Crippen molar-refractivity contribution in [2.75, 3.05) is 17.7 Å². The molecule has 0 spiro atoms. The van der Waals surface area contributed by atoms with E-state index in [1.807, 2.05) is 25.1 Å². The molecule has 35 heavy (non-hydrogen) atoms. The predicted octanol–water partition coefficient (Wildman–Crippen LogP) is 4.33. The van der Waals surface area contributed by atoms with Crippen LogP contribution < -0.4 is 11.5 Å². The number of hydrogen-bond donors (Lipinski definition) is 2. The van der Waals surface area contributed by atoms with Crippen molar-refractivity contribution in [3.63, 3.8) is 0 Å². The van der Waals surface area contributed by atoms with Crippen molar-refractivity contribution in [1.29, 1.82) is 0 Å². The molecule has 1 aliphatic rings. The zero-order valence-electron chi connectivity index (χ0n) is 20.0. The van der Waals surface area contributed by atoms with Gasteiger partial charge in [-0.15, -0.1) is 0 Å². The van der Waals surface area contributed by atoms with Crippen LogP contribution in [0.2, 0.25) is 0 Å². The fourth-order valence-corrected chi connectivity index (χ4v) is 5.74. The van der Waals surface area contributed by atoms with E-state index in [2.05, 4.69) is 26.7 Å². The number of benzene rings is 2. The molecule has 2 aromatic heterocycles. The monoisotopic (exact) mass is 490 g/mol. The van der Waals surface area contributed by atoms with Crippen molar-refractivity contribution in [1.82, 2.24) is 19.5 Å². The van der Waals surface area contributed by atoms with Gasteiger partial charge in [-0.2, -0.15) is 4.98 Å². The van der Waals surface area contributed by atoms with Gasteiger partial charge in [0.05, 0.1) is 21.6 Å². The lowest BCUT2D eigenvalue weighted by molar-refractivity contribution is 0.601. The number of aromatic nitrogens is 4. The SMILES string of the molecule is CCc1nc(N)nc(N)c1-c1ccc2c(c1)nc(C1CCCC1)n2Cc1ccc(S(C)(=O)=O)cc1. The molecule has 1 fully saturated rings. The summed E-state index contributed by atoms with van der Waals surface area (Å²) in [5.74, 6) is 2.05. The van der Waals surface area contributed by atoms with E-state index in [1.54, 1.807) is 12.1 Å². The van der Waals surface area contributed by atoms with Crippen molar-refractivity contribution in [3.05, 3.63) is 59.5 Å². The average molecular weight is 491 g/mol. The number of nitrogens with zero attached hydrogens (tertiary/aromatic N) is 4. The van der Waals surface area contributed by atoms with E-state index in [-0.39, 0.29) is 5.95 Å². The second-order valence-corrected chi connectivity index (χ2v) is 11.3. The number of anilines is 2. The van der Waals surface area contributed by atoms with Crippen LogP contribution in [-0.4, -0.2) is 34.2 Å². The third-order valence-electron chi connectivity index (χ3n) is 6.84. The van der Waals surface area contributed by atoms with Crippen LogP contribution in [0.5, 0.6) is 0 Å². The normalized spacial score (nSPS) is 14.7. The van der Waals surface area contributed by atoms with Crippen LogP contribution in [0.25, 0.3) is 22.2 Å². The molecule has 9 heteroatoms. The summed E-state index contributed by atoms with van der Waals surface area (Å²) in [5, 5.41) is 0. The fourth-order valence-electron chi connectivity index (χ4n) is 5.11. The number of aryl methyl sites for hydroxylation is 1. The van der Waals surface area contributed by atoms with Gasteiger partial charge in [-0.05, 0) is 54.7 Å². The molecule has 4 aromatic rings. The smallest absolute Gasteiger partial charge is 0.222 e. The Bertz CT molecular complexity index is 1500. The molecule has 8 nitrogen and oxygen atoms in total. The minimum atomic E-state index is -3.23. The van der Waals surface area contributed by atoms with Crippen LogP contribution in [0.1, 0.15) is 55.6 Å². The summed E-state index contributed by atoms with van der Waals surface area (Å²) in [7, 11) is -3.23. The van der Waals surface area contributed by atoms with Crippen LogP contribution in [0.3, 0.4) is 0 Å². The Labute approximate surface area is 205 Å². The summed E-state index contributed by atoms with van der Waals surface area (Å²) < 4.78 is 26.0. The van der Waals surface area contributed by atoms with Gasteiger partial charge in [-0.1, -0.05) is 38.0 Å². The number of fused-ring (bicyclic) bond motifs is 1. The molecule has 0 amide bonds. The van der Waals surface area contributed by atoms with Crippen molar-refractivity contribution in [3.8, 4) is 11.1 Å². The predicted molar refractivity (Wildman–Crippen MR) is 139 cm³/mol. The minimum absolute atomic E-state index is 0.180. The molecule has 0 atom stereocenters. The Morgan fingerprint density at radius 1 is 1.00 bits per heavy atom. The molecule has 0 saturated heterocycles. The molecule has 2 aromatic carbocycles. The molecule has 2 heterocycles. The highest BCUT2D eigenvalue weighted by molar-refractivity contribution is 7.90. The van der Waals surface area contributed by atoms with Gasteiger partial charge in [0.1, 0.15) is 11.6 Å². The molecule has 0 bridgehead atoms. The van der Waals surface area contributed by atoms with Crippen LogP contribution in [0.15, 0.2) is 47.4 Å². The fraction of sp³-hybridized carbons (Fsp3) is 0.346. The van der Waals surface area contributed by atoms with Crippen molar-refractivity contribution < 1.29 is 8.42 Å². The van der Waals surface area contributed by atoms with Gasteiger partial charge >= 0.3 is 0 Å². The van der Waals surface area contributed by atoms with Gasteiger partial charge in [0, 0.05) is 24.3 Å². The maximum atomic E-state index is 11.9. The van der Waals surface area contributed by atoms with E-state index < -0.39 is 9.84 Å². The second kappa shape index (κ2) is 8.96. The summed E-state index contributed by atoms with van der Waals surface area (Å²) in [6.45, 7) is 2.64. The highest BCUT2D eigenvalue weighted by Gasteiger charge is 2.24. The third kappa shape index (κ3) is 4.48. The molecule has 0 aliphatic heterocycles. The van der Waals surface area contributed by atoms with E-state index >= 15 is 0 Å². The van der Waals surface area contributed by atoms with Gasteiger partial charge in [0.15, 0.2) is 9.84 Å². The molecule has 1 saturated carbocycles. The van der Waals surface area contributed by atoms with E-state index in [0.717, 1.165) is 52.1 Å². The lowest BCUT2D eigenvalue weighted by atomic mass is 10.0. The second-order valence-electron chi connectivity index (χ2n) is 9.30. The van der Waals surface area contributed by atoms with Gasteiger partial charge in [-0.3, -0.25) is 0 Å². The van der Waals surface area contributed by atoms with Gasteiger partial charge in [0.25, 0.3) is 0 Å². The quantitative estimate of drug-likeness (QED) is 0.411. The first-order valence-corrected chi connectivity index (χ1v) is 13.8. The lowest BCUT2D eigenvalue weighted by Gasteiger charge is -2.14. The van der Waals surface area contributed by atoms with Crippen molar-refractivity contribution in [2.45, 2.75) is 56.4 Å². The van der Waals surface area contributed by atoms with E-state index in [4.69, 9.17) is 16.5 Å². The van der Waals surface area contributed by atoms with Crippen molar-refractivity contribution >= 4 is 32.6 Å². The van der Waals surface area contributed by atoms with Crippen LogP contribution >= 0.6 is 0 Å². The first-order valence-electron chi connectivity index (χ1n) is 12.0. The number of rotatable bonds is 6. The number of sulfone groups is 1. The summed E-state index contributed by atoms with van der Waals surface area (Å²) in [6, 6.07) is 13.3. The molecule has 0 radical (unpaired) electrons. The maximum Gasteiger partial charge on any atom is 0.222 e. The first kappa shape index (κ1) is 23.3. The molecular formula is C26H30N6O2S. The van der Waals surface area contributed by atoms with Gasteiger partial charge in [-0.25, -0.2) is 18.4 Å². The Kier molecular flexibility index (Phi) is 5.96. The summed E-state index contributed by atoms with van der Waals surface area (Å²) in [6.07, 6.45) is 6.59. The Morgan fingerprint density at radius 3 is 2.37 bits per heavy atom. The van der Waals surface area contributed by atoms with Crippen molar-refractivity contribution in [2.24, 2.45) is 0 Å². The van der Waals surface area contributed by atoms with E-state index in [9.17, 15) is 8.42 Å². The van der Waals surface area contributed by atoms with Gasteiger partial charge in [0.2, 0.25) is 5.95 Å². The first-order chi connectivity index (χ1) is 16.7. The average Bonchev–Trinajstić information content (AvgIpc) is 3.46. The standard InChI is InChI=1S/C26H30N6O2S/c1-3-20-23(24(27)31-26(28)30-20)18-10-13-22-21(14-18)29-25(17-6-4-5-7-17)32(22)15-16-8-11-19(12-9-16)35(2,33)34/h8-14,17H,3-7,15H2,1-2H3,(H4,27,28,30,31). The topological polar surface area (TPSA) is 130 Å². The molecule has 1 aliphatic carbocycles. The summed E-state index contributed by atoms with van der Waals surface area (Å²) >= 11 is 0. The lowest BCUT2D eigenvalue weighted by Crippen LogP contribution is -2.08. The minimum Gasteiger partial charge on any atom is -0.383 e. The zero-order chi connectivity index (χ0) is 24.7. The Balaban J connectivity index is 1.60. The van der Waals surface area contributed by atoms with E-state index in [1.165, 1.54) is 19.1 Å². The van der Waals surface area contributed by atoms with Crippen LogP contribution in [-0.2, 0) is 22.8 Å². The van der Waals surface area contributed by atoms with Crippen LogP contribution in [0.4, 0.5) is 11.8 Å². The largest absolute Gasteiger partial charge is 0.383 e. The maximum absolute atomic E-state index is 11.9.